The van der Waals surface area contributed by atoms with Crippen LogP contribution in [0.3, 0.4) is 0 Å². The van der Waals surface area contributed by atoms with Crippen LogP contribution in [0.25, 0.3) is 0 Å². The molecule has 0 aromatic heterocycles. The average Bonchev–Trinajstić information content (AvgIpc) is 2.53. The molecule has 2 rings (SSSR count). The molecule has 4 nitrogen and oxygen atoms in total. The van der Waals surface area contributed by atoms with Crippen molar-refractivity contribution in [1.82, 2.24) is 0 Å². The third-order valence-electron chi connectivity index (χ3n) is 3.49. The van der Waals surface area contributed by atoms with E-state index in [1.165, 1.54) is 0 Å². The summed E-state index contributed by atoms with van der Waals surface area (Å²) in [5, 5.41) is 10.6. The van der Waals surface area contributed by atoms with Crippen molar-refractivity contribution < 1.29 is 48.9 Å². The molecule has 0 aliphatic carbocycles. The van der Waals surface area contributed by atoms with Crippen LogP contribution in [0.1, 0.15) is 30.4 Å². The minimum absolute atomic E-state index is 0. The Labute approximate surface area is 158 Å². The van der Waals surface area contributed by atoms with Gasteiger partial charge in [-0.05, 0) is 47.7 Å². The molecule has 116 valence electrons. The van der Waals surface area contributed by atoms with E-state index in [1.54, 1.807) is 7.11 Å². The SMILES string of the molecule is COc1ccc(COc2ccc(C(C)CC(=O)[O-])cc2)cc1.[Na+]. The van der Waals surface area contributed by atoms with Crippen molar-refractivity contribution in [1.29, 1.82) is 0 Å². The molecule has 0 saturated carbocycles. The van der Waals surface area contributed by atoms with E-state index in [0.717, 1.165) is 22.6 Å². The van der Waals surface area contributed by atoms with E-state index in [4.69, 9.17) is 9.47 Å². The number of aliphatic carboxylic acids is 1. The molecule has 5 heteroatoms. The summed E-state index contributed by atoms with van der Waals surface area (Å²) in [5.74, 6) is 0.461. The number of carboxylic acid groups (broad SMARTS) is 1. The first kappa shape index (κ1) is 19.6. The number of carbonyl (C=O) groups is 1. The predicted molar refractivity (Wildman–Crippen MR) is 81.8 cm³/mol. The monoisotopic (exact) mass is 322 g/mol. The molecule has 0 saturated heterocycles. The first-order valence-corrected chi connectivity index (χ1v) is 7.14. The Bertz CT molecular complexity index is 608. The Morgan fingerprint density at radius 3 is 2.13 bits per heavy atom. The van der Waals surface area contributed by atoms with Crippen molar-refractivity contribution in [3.8, 4) is 11.5 Å². The summed E-state index contributed by atoms with van der Waals surface area (Å²) in [6.45, 7) is 2.33. The van der Waals surface area contributed by atoms with Crippen molar-refractivity contribution in [3.63, 3.8) is 0 Å². The van der Waals surface area contributed by atoms with E-state index in [9.17, 15) is 9.90 Å². The van der Waals surface area contributed by atoms with Crippen LogP contribution in [0.4, 0.5) is 0 Å². The van der Waals surface area contributed by atoms with Crippen molar-refractivity contribution in [3.05, 3.63) is 59.7 Å². The van der Waals surface area contributed by atoms with Crippen LogP contribution in [0.5, 0.6) is 11.5 Å². The summed E-state index contributed by atoms with van der Waals surface area (Å²) in [6.07, 6.45) is 0.0199. The summed E-state index contributed by atoms with van der Waals surface area (Å²) in [4.78, 5) is 10.6. The third kappa shape index (κ3) is 6.26. The van der Waals surface area contributed by atoms with Gasteiger partial charge in [-0.25, -0.2) is 0 Å². The number of rotatable bonds is 7. The van der Waals surface area contributed by atoms with Gasteiger partial charge in [0.1, 0.15) is 18.1 Å². The van der Waals surface area contributed by atoms with Gasteiger partial charge in [0.2, 0.25) is 0 Å². The molecule has 2 aromatic carbocycles. The maximum absolute atomic E-state index is 10.6. The minimum atomic E-state index is -1.03. The fourth-order valence-electron chi connectivity index (χ4n) is 2.15. The summed E-state index contributed by atoms with van der Waals surface area (Å²) >= 11 is 0. The van der Waals surface area contributed by atoms with Crippen molar-refractivity contribution in [2.75, 3.05) is 7.11 Å². The molecule has 0 spiro atoms. The average molecular weight is 322 g/mol. The maximum Gasteiger partial charge on any atom is 1.00 e. The molecule has 23 heavy (non-hydrogen) atoms. The number of methoxy groups -OCH3 is 1. The molecule has 0 aliphatic heterocycles. The first-order chi connectivity index (χ1) is 10.6. The van der Waals surface area contributed by atoms with Gasteiger partial charge in [0.05, 0.1) is 7.11 Å². The van der Waals surface area contributed by atoms with Gasteiger partial charge in [0.15, 0.2) is 0 Å². The zero-order chi connectivity index (χ0) is 15.9. The number of carboxylic acids is 1. The van der Waals surface area contributed by atoms with Crippen LogP contribution >= 0.6 is 0 Å². The number of hydrogen-bond donors (Lipinski definition) is 0. The van der Waals surface area contributed by atoms with E-state index in [2.05, 4.69) is 0 Å². The Balaban J connectivity index is 0.00000264. The van der Waals surface area contributed by atoms with Crippen LogP contribution < -0.4 is 44.1 Å². The number of benzene rings is 2. The molecular formula is C18H19NaO4. The van der Waals surface area contributed by atoms with Crippen molar-refractivity contribution in [2.24, 2.45) is 0 Å². The molecule has 1 atom stereocenters. The molecule has 0 aliphatic rings. The molecule has 0 fully saturated rings. The summed E-state index contributed by atoms with van der Waals surface area (Å²) in [7, 11) is 1.63. The second-order valence-electron chi connectivity index (χ2n) is 5.18. The van der Waals surface area contributed by atoms with Crippen LogP contribution in [-0.2, 0) is 11.4 Å². The molecule has 1 unspecified atom stereocenters. The Morgan fingerprint density at radius 2 is 1.61 bits per heavy atom. The van der Waals surface area contributed by atoms with Gasteiger partial charge in [0, 0.05) is 5.97 Å². The molecule has 0 heterocycles. The number of carbonyl (C=O) groups excluding carboxylic acids is 1. The van der Waals surface area contributed by atoms with Gasteiger partial charge >= 0.3 is 29.6 Å². The summed E-state index contributed by atoms with van der Waals surface area (Å²) in [6, 6.07) is 15.2. The standard InChI is InChI=1S/C18H20O4.Na/c1-13(11-18(19)20)15-5-9-17(10-6-15)22-12-14-3-7-16(21-2)8-4-14;/h3-10,13H,11-12H2,1-2H3,(H,19,20);/q;+1/p-1. The molecule has 0 amide bonds. The molecule has 0 radical (unpaired) electrons. The van der Waals surface area contributed by atoms with Crippen LogP contribution in [0.2, 0.25) is 0 Å². The van der Waals surface area contributed by atoms with E-state index in [1.807, 2.05) is 55.5 Å². The fraction of sp³-hybridized carbons (Fsp3) is 0.278. The van der Waals surface area contributed by atoms with Crippen LogP contribution in [-0.4, -0.2) is 13.1 Å². The van der Waals surface area contributed by atoms with Crippen molar-refractivity contribution in [2.45, 2.75) is 25.9 Å². The molecule has 0 bridgehead atoms. The van der Waals surface area contributed by atoms with E-state index in [-0.39, 0.29) is 41.9 Å². The maximum atomic E-state index is 10.6. The van der Waals surface area contributed by atoms with Gasteiger partial charge in [-0.15, -0.1) is 0 Å². The smallest absolute Gasteiger partial charge is 0.550 e. The fourth-order valence-corrected chi connectivity index (χ4v) is 2.15. The zero-order valence-electron chi connectivity index (χ0n) is 13.7. The van der Waals surface area contributed by atoms with Gasteiger partial charge in [-0.3, -0.25) is 0 Å². The van der Waals surface area contributed by atoms with Crippen LogP contribution in [0.15, 0.2) is 48.5 Å². The zero-order valence-corrected chi connectivity index (χ0v) is 15.7. The first-order valence-electron chi connectivity index (χ1n) is 7.14. The minimum Gasteiger partial charge on any atom is -0.550 e. The van der Waals surface area contributed by atoms with Gasteiger partial charge < -0.3 is 19.4 Å². The number of ether oxygens (including phenoxy) is 2. The Hall–Kier alpha value is -1.49. The van der Waals surface area contributed by atoms with Gasteiger partial charge in [-0.1, -0.05) is 31.2 Å². The molecule has 2 aromatic rings. The summed E-state index contributed by atoms with van der Waals surface area (Å²) < 4.78 is 10.8. The Morgan fingerprint density at radius 1 is 1.04 bits per heavy atom. The normalized spacial score (nSPS) is 11.2. The van der Waals surface area contributed by atoms with Gasteiger partial charge in [-0.2, -0.15) is 0 Å². The second-order valence-corrected chi connectivity index (χ2v) is 5.18. The third-order valence-corrected chi connectivity index (χ3v) is 3.49. The van der Waals surface area contributed by atoms with Gasteiger partial charge in [0.25, 0.3) is 0 Å². The summed E-state index contributed by atoms with van der Waals surface area (Å²) in [5.41, 5.74) is 2.01. The van der Waals surface area contributed by atoms with E-state index in [0.29, 0.717) is 6.61 Å². The van der Waals surface area contributed by atoms with Crippen molar-refractivity contribution >= 4 is 5.97 Å². The topological polar surface area (TPSA) is 58.6 Å². The largest absolute Gasteiger partial charge is 1.00 e. The second kappa shape index (κ2) is 9.60. The molecular weight excluding hydrogens is 303 g/mol. The number of hydrogen-bond acceptors (Lipinski definition) is 4. The quantitative estimate of drug-likeness (QED) is 0.646. The molecule has 0 N–H and O–H groups in total. The Kier molecular flexibility index (Phi) is 8.17. The predicted octanol–water partition coefficient (Wildman–Crippen LogP) is -0.478. The van der Waals surface area contributed by atoms with E-state index < -0.39 is 5.97 Å². The van der Waals surface area contributed by atoms with E-state index >= 15 is 0 Å². The van der Waals surface area contributed by atoms with Crippen LogP contribution in [0, 0.1) is 0 Å².